The smallest absolute Gasteiger partial charge is 0.349 e. The van der Waals surface area contributed by atoms with Gasteiger partial charge >= 0.3 is 11.6 Å². The van der Waals surface area contributed by atoms with Crippen molar-refractivity contribution in [2.45, 2.75) is 26.2 Å². The van der Waals surface area contributed by atoms with E-state index >= 15 is 0 Å². The summed E-state index contributed by atoms with van der Waals surface area (Å²) < 4.78 is 5.45. The zero-order chi connectivity index (χ0) is 15.6. The molecule has 0 bridgehead atoms. The topological polar surface area (TPSA) is 104 Å². The van der Waals surface area contributed by atoms with Gasteiger partial charge in [-0.3, -0.25) is 10.1 Å². The first-order valence-corrected chi connectivity index (χ1v) is 6.32. The first kappa shape index (κ1) is 14.7. The van der Waals surface area contributed by atoms with Gasteiger partial charge in [0.1, 0.15) is 11.9 Å². The number of anilines is 1. The molecule has 1 aromatic carbocycles. The third kappa shape index (κ3) is 3.44. The number of ether oxygens (including phenoxy) is 1. The Bertz CT molecular complexity index is 663. The summed E-state index contributed by atoms with van der Waals surface area (Å²) in [5.41, 5.74) is 6.26. The van der Waals surface area contributed by atoms with Crippen LogP contribution in [0.3, 0.4) is 0 Å². The van der Waals surface area contributed by atoms with E-state index in [2.05, 4.69) is 30.7 Å². The van der Waals surface area contributed by atoms with E-state index in [1.54, 1.807) is 12.1 Å². The van der Waals surface area contributed by atoms with Gasteiger partial charge in [-0.25, -0.2) is 4.98 Å². The standard InChI is InChI=1S/C14H16N4O3/c1-14(2,3)9-4-6-10(7-5-9)21-12-11(18(19)20)8-16-13(15)17-12/h4-8H,1-3H3,(H2,15,16,17). The van der Waals surface area contributed by atoms with Gasteiger partial charge in [0.2, 0.25) is 5.95 Å². The predicted molar refractivity (Wildman–Crippen MR) is 78.3 cm³/mol. The highest BCUT2D eigenvalue weighted by molar-refractivity contribution is 5.44. The summed E-state index contributed by atoms with van der Waals surface area (Å²) in [4.78, 5) is 17.7. The van der Waals surface area contributed by atoms with Crippen LogP contribution in [-0.4, -0.2) is 14.9 Å². The maximum atomic E-state index is 10.9. The van der Waals surface area contributed by atoms with Crippen LogP contribution in [0.4, 0.5) is 11.6 Å². The molecule has 0 saturated heterocycles. The van der Waals surface area contributed by atoms with Crippen LogP contribution in [0, 0.1) is 10.1 Å². The molecule has 0 aliphatic carbocycles. The van der Waals surface area contributed by atoms with E-state index in [9.17, 15) is 10.1 Å². The first-order chi connectivity index (χ1) is 9.77. The lowest BCUT2D eigenvalue weighted by Crippen LogP contribution is -2.10. The lowest BCUT2D eigenvalue weighted by Gasteiger charge is -2.19. The number of nitro groups is 1. The first-order valence-electron chi connectivity index (χ1n) is 6.32. The van der Waals surface area contributed by atoms with Crippen molar-refractivity contribution in [3.05, 3.63) is 46.1 Å². The molecule has 0 spiro atoms. The minimum atomic E-state index is -0.613. The molecule has 0 unspecified atom stereocenters. The molecule has 2 rings (SSSR count). The Morgan fingerprint density at radius 2 is 1.86 bits per heavy atom. The number of nitrogen functional groups attached to an aromatic ring is 1. The van der Waals surface area contributed by atoms with Crippen LogP contribution in [0.1, 0.15) is 26.3 Å². The highest BCUT2D eigenvalue weighted by atomic mass is 16.6. The highest BCUT2D eigenvalue weighted by Gasteiger charge is 2.19. The zero-order valence-electron chi connectivity index (χ0n) is 12.0. The molecule has 0 radical (unpaired) electrons. The number of benzene rings is 1. The summed E-state index contributed by atoms with van der Waals surface area (Å²) in [5, 5.41) is 10.9. The predicted octanol–water partition coefficient (Wildman–Crippen LogP) is 3.06. The number of hydrogen-bond donors (Lipinski definition) is 1. The number of rotatable bonds is 3. The number of aromatic nitrogens is 2. The molecule has 110 valence electrons. The Hall–Kier alpha value is -2.70. The summed E-state index contributed by atoms with van der Waals surface area (Å²) in [5.74, 6) is 0.196. The van der Waals surface area contributed by atoms with Crippen molar-refractivity contribution < 1.29 is 9.66 Å². The van der Waals surface area contributed by atoms with Crippen LogP contribution in [0.25, 0.3) is 0 Å². The summed E-state index contributed by atoms with van der Waals surface area (Å²) in [6.07, 6.45) is 1.03. The minimum Gasteiger partial charge on any atom is -0.434 e. The molecule has 2 N–H and O–H groups in total. The van der Waals surface area contributed by atoms with Crippen molar-refractivity contribution in [1.82, 2.24) is 9.97 Å². The third-order valence-corrected chi connectivity index (χ3v) is 2.89. The van der Waals surface area contributed by atoms with Gasteiger partial charge in [0, 0.05) is 0 Å². The Kier molecular flexibility index (Phi) is 3.75. The average Bonchev–Trinajstić information content (AvgIpc) is 2.38. The van der Waals surface area contributed by atoms with E-state index in [1.165, 1.54) is 0 Å². The van der Waals surface area contributed by atoms with E-state index in [0.717, 1.165) is 11.8 Å². The molecule has 7 heteroatoms. The van der Waals surface area contributed by atoms with Gasteiger partial charge in [0.25, 0.3) is 0 Å². The van der Waals surface area contributed by atoms with Gasteiger partial charge in [-0.2, -0.15) is 4.98 Å². The quantitative estimate of drug-likeness (QED) is 0.687. The van der Waals surface area contributed by atoms with E-state index in [0.29, 0.717) is 5.75 Å². The van der Waals surface area contributed by atoms with Gasteiger partial charge in [-0.05, 0) is 23.1 Å². The number of nitrogens with two attached hydrogens (primary N) is 1. The maximum absolute atomic E-state index is 10.9. The molecule has 2 aromatic rings. The Morgan fingerprint density at radius 1 is 1.24 bits per heavy atom. The molecule has 0 amide bonds. The van der Waals surface area contributed by atoms with Crippen LogP contribution in [0.2, 0.25) is 0 Å². The maximum Gasteiger partial charge on any atom is 0.349 e. The molecule has 1 aromatic heterocycles. The van der Waals surface area contributed by atoms with Crippen LogP contribution < -0.4 is 10.5 Å². The molecule has 1 heterocycles. The Balaban J connectivity index is 2.30. The summed E-state index contributed by atoms with van der Waals surface area (Å²) in [7, 11) is 0. The third-order valence-electron chi connectivity index (χ3n) is 2.89. The van der Waals surface area contributed by atoms with Gasteiger partial charge in [-0.15, -0.1) is 0 Å². The minimum absolute atomic E-state index is 0.0177. The van der Waals surface area contributed by atoms with Crippen molar-refractivity contribution in [1.29, 1.82) is 0 Å². The normalized spacial score (nSPS) is 11.2. The second-order valence-corrected chi connectivity index (χ2v) is 5.55. The van der Waals surface area contributed by atoms with Crippen LogP contribution >= 0.6 is 0 Å². The van der Waals surface area contributed by atoms with Crippen molar-refractivity contribution in [3.8, 4) is 11.6 Å². The zero-order valence-corrected chi connectivity index (χ0v) is 12.0. The van der Waals surface area contributed by atoms with Gasteiger partial charge in [0.15, 0.2) is 0 Å². The molecule has 0 aliphatic heterocycles. The second kappa shape index (κ2) is 5.35. The fourth-order valence-electron chi connectivity index (χ4n) is 1.71. The molecule has 0 fully saturated rings. The second-order valence-electron chi connectivity index (χ2n) is 5.55. The van der Waals surface area contributed by atoms with Crippen molar-refractivity contribution >= 4 is 11.6 Å². The monoisotopic (exact) mass is 288 g/mol. The van der Waals surface area contributed by atoms with Gasteiger partial charge in [0.05, 0.1) is 4.92 Å². The Labute approximate surface area is 121 Å². The fraction of sp³-hybridized carbons (Fsp3) is 0.286. The summed E-state index contributed by atoms with van der Waals surface area (Å²) in [6, 6.07) is 7.29. The molecule has 0 saturated carbocycles. The molecule has 0 atom stereocenters. The number of nitrogens with zero attached hydrogens (tertiary/aromatic N) is 3. The van der Waals surface area contributed by atoms with E-state index in [4.69, 9.17) is 10.5 Å². The van der Waals surface area contributed by atoms with Gasteiger partial charge in [-0.1, -0.05) is 32.9 Å². The summed E-state index contributed by atoms with van der Waals surface area (Å²) >= 11 is 0. The van der Waals surface area contributed by atoms with Gasteiger partial charge < -0.3 is 10.5 Å². The molecule has 0 aliphatic rings. The molecular weight excluding hydrogens is 272 g/mol. The van der Waals surface area contributed by atoms with Crippen molar-refractivity contribution in [3.63, 3.8) is 0 Å². The fourth-order valence-corrected chi connectivity index (χ4v) is 1.71. The van der Waals surface area contributed by atoms with E-state index in [1.807, 2.05) is 12.1 Å². The molecular formula is C14H16N4O3. The highest BCUT2D eigenvalue weighted by Crippen LogP contribution is 2.30. The van der Waals surface area contributed by atoms with E-state index in [-0.39, 0.29) is 22.9 Å². The van der Waals surface area contributed by atoms with Crippen LogP contribution in [-0.2, 0) is 5.41 Å². The lowest BCUT2D eigenvalue weighted by atomic mass is 9.87. The van der Waals surface area contributed by atoms with Crippen molar-refractivity contribution in [2.24, 2.45) is 0 Å². The van der Waals surface area contributed by atoms with Crippen LogP contribution in [0.5, 0.6) is 11.6 Å². The number of hydrogen-bond acceptors (Lipinski definition) is 6. The molecule has 7 nitrogen and oxygen atoms in total. The van der Waals surface area contributed by atoms with Crippen molar-refractivity contribution in [2.75, 3.05) is 5.73 Å². The SMILES string of the molecule is CC(C)(C)c1ccc(Oc2nc(N)ncc2[N+](=O)[O-])cc1. The molecule has 21 heavy (non-hydrogen) atoms. The average molecular weight is 288 g/mol. The van der Waals surface area contributed by atoms with Crippen LogP contribution in [0.15, 0.2) is 30.5 Å². The largest absolute Gasteiger partial charge is 0.434 e. The lowest BCUT2D eigenvalue weighted by molar-refractivity contribution is -0.386. The Morgan fingerprint density at radius 3 is 2.38 bits per heavy atom. The van der Waals surface area contributed by atoms with E-state index < -0.39 is 4.92 Å². The summed E-state index contributed by atoms with van der Waals surface area (Å²) in [6.45, 7) is 6.29.